The van der Waals surface area contributed by atoms with Crippen molar-refractivity contribution in [2.45, 2.75) is 4.21 Å². The Balaban J connectivity index is 2.62. The van der Waals surface area contributed by atoms with Crippen molar-refractivity contribution in [1.29, 1.82) is 0 Å². The molecule has 19 heavy (non-hydrogen) atoms. The van der Waals surface area contributed by atoms with Crippen molar-refractivity contribution < 1.29 is 17.9 Å². The van der Waals surface area contributed by atoms with E-state index in [2.05, 4.69) is 10.3 Å². The minimum atomic E-state index is -3.73. The number of ether oxygens (including phenoxy) is 1. The molecule has 1 aromatic rings. The van der Waals surface area contributed by atoms with Gasteiger partial charge in [-0.05, 0) is 0 Å². The molecule has 1 heterocycles. The van der Waals surface area contributed by atoms with E-state index in [1.54, 1.807) is 0 Å². The molecule has 0 radical (unpaired) electrons. The summed E-state index contributed by atoms with van der Waals surface area (Å²) in [6.07, 6.45) is 1.17. The van der Waals surface area contributed by atoms with Crippen LogP contribution in [0.4, 0.5) is 0 Å². The van der Waals surface area contributed by atoms with Crippen LogP contribution in [0.1, 0.15) is 0 Å². The summed E-state index contributed by atoms with van der Waals surface area (Å²) in [5.41, 5.74) is 0. The van der Waals surface area contributed by atoms with E-state index in [0.717, 1.165) is 15.6 Å². The first-order valence-electron chi connectivity index (χ1n) is 5.21. The highest BCUT2D eigenvalue weighted by Gasteiger charge is 2.25. The Morgan fingerprint density at radius 2 is 2.32 bits per heavy atom. The smallest absolute Gasteiger partial charge is 0.254 e. The topological polar surface area (TPSA) is 88.6 Å². The summed E-state index contributed by atoms with van der Waals surface area (Å²) in [4.78, 5) is 15.2. The van der Waals surface area contributed by atoms with Crippen molar-refractivity contribution in [3.05, 3.63) is 10.7 Å². The summed E-state index contributed by atoms with van der Waals surface area (Å²) in [7, 11) is -0.902. The van der Waals surface area contributed by atoms with Gasteiger partial charge >= 0.3 is 0 Å². The quantitative estimate of drug-likeness (QED) is 0.722. The number of nitrogens with zero attached hydrogens (tertiary/aromatic N) is 2. The van der Waals surface area contributed by atoms with Crippen LogP contribution in [0.15, 0.2) is 10.4 Å². The van der Waals surface area contributed by atoms with Crippen molar-refractivity contribution in [3.8, 4) is 0 Å². The lowest BCUT2D eigenvalue weighted by molar-refractivity contribution is -0.121. The number of methoxy groups -OCH3 is 1. The standard InChI is InChI=1S/C9H14ClN3O4S2/c1-13(6-7(14)11-3-4-17-2)19(15,16)8-5-12-9(10)18-8/h5H,3-4,6H2,1-2H3,(H,11,14). The van der Waals surface area contributed by atoms with Crippen LogP contribution < -0.4 is 5.32 Å². The Morgan fingerprint density at radius 3 is 2.84 bits per heavy atom. The molecule has 0 aliphatic rings. The van der Waals surface area contributed by atoms with Gasteiger partial charge in [0, 0.05) is 20.7 Å². The molecule has 0 aromatic carbocycles. The van der Waals surface area contributed by atoms with E-state index in [0.29, 0.717) is 13.2 Å². The van der Waals surface area contributed by atoms with E-state index in [4.69, 9.17) is 16.3 Å². The van der Waals surface area contributed by atoms with Gasteiger partial charge in [-0.1, -0.05) is 22.9 Å². The van der Waals surface area contributed by atoms with Crippen LogP contribution in [0.25, 0.3) is 0 Å². The van der Waals surface area contributed by atoms with Gasteiger partial charge in [-0.15, -0.1) is 0 Å². The van der Waals surface area contributed by atoms with Crippen molar-refractivity contribution in [2.75, 3.05) is 33.9 Å². The average molecular weight is 328 g/mol. The Morgan fingerprint density at radius 1 is 1.63 bits per heavy atom. The van der Waals surface area contributed by atoms with E-state index in [9.17, 15) is 13.2 Å². The number of halogens is 1. The molecule has 0 bridgehead atoms. The van der Waals surface area contributed by atoms with Crippen LogP contribution in [0.2, 0.25) is 4.47 Å². The fourth-order valence-electron chi connectivity index (χ4n) is 1.15. The fraction of sp³-hybridized carbons (Fsp3) is 0.556. The molecule has 0 spiro atoms. The molecule has 1 aromatic heterocycles. The number of thiazole rings is 1. The maximum Gasteiger partial charge on any atom is 0.254 e. The molecule has 0 fully saturated rings. The van der Waals surface area contributed by atoms with Gasteiger partial charge < -0.3 is 10.1 Å². The number of nitrogens with one attached hydrogen (secondary N) is 1. The molecular formula is C9H14ClN3O4S2. The van der Waals surface area contributed by atoms with E-state index in [1.165, 1.54) is 20.4 Å². The highest BCUT2D eigenvalue weighted by atomic mass is 35.5. The van der Waals surface area contributed by atoms with E-state index < -0.39 is 15.9 Å². The van der Waals surface area contributed by atoms with Crippen LogP contribution >= 0.6 is 22.9 Å². The first-order chi connectivity index (χ1) is 8.87. The number of likely N-dealkylation sites (N-methyl/N-ethyl adjacent to an activating group) is 1. The summed E-state index contributed by atoms with van der Waals surface area (Å²) < 4.78 is 29.9. The lowest BCUT2D eigenvalue weighted by Crippen LogP contribution is -2.39. The minimum absolute atomic E-state index is 0.00434. The first kappa shape index (κ1) is 16.3. The fourth-order valence-corrected chi connectivity index (χ4v) is 3.78. The summed E-state index contributed by atoms with van der Waals surface area (Å²) in [5, 5.41) is 2.53. The number of hydrogen-bond donors (Lipinski definition) is 1. The molecule has 7 nitrogen and oxygen atoms in total. The van der Waals surface area contributed by atoms with Crippen molar-refractivity contribution in [2.24, 2.45) is 0 Å². The number of rotatable bonds is 7. The van der Waals surface area contributed by atoms with Gasteiger partial charge in [-0.2, -0.15) is 4.31 Å². The van der Waals surface area contributed by atoms with Gasteiger partial charge in [0.2, 0.25) is 5.91 Å². The number of hydrogen-bond acceptors (Lipinski definition) is 6. The number of carbonyl (C=O) groups is 1. The number of amides is 1. The molecule has 0 saturated carbocycles. The zero-order valence-corrected chi connectivity index (χ0v) is 12.8. The predicted molar refractivity (Wildman–Crippen MR) is 71.8 cm³/mol. The molecule has 0 aliphatic heterocycles. The van der Waals surface area contributed by atoms with Crippen LogP contribution in [0.3, 0.4) is 0 Å². The Labute approximate surface area is 120 Å². The molecule has 10 heteroatoms. The van der Waals surface area contributed by atoms with Crippen LogP contribution in [0.5, 0.6) is 0 Å². The maximum atomic E-state index is 12.0. The van der Waals surface area contributed by atoms with Crippen molar-refractivity contribution in [1.82, 2.24) is 14.6 Å². The molecule has 1 N–H and O–H groups in total. The SMILES string of the molecule is COCCNC(=O)CN(C)S(=O)(=O)c1cnc(Cl)s1. The molecule has 0 saturated heterocycles. The van der Waals surface area contributed by atoms with Gasteiger partial charge in [0.15, 0.2) is 8.68 Å². The zero-order chi connectivity index (χ0) is 14.5. The second kappa shape index (κ2) is 7.15. The largest absolute Gasteiger partial charge is 0.383 e. The van der Waals surface area contributed by atoms with Gasteiger partial charge in [-0.25, -0.2) is 13.4 Å². The third kappa shape index (κ3) is 4.69. The number of sulfonamides is 1. The Bertz CT molecular complexity index is 531. The number of aromatic nitrogens is 1. The first-order valence-corrected chi connectivity index (χ1v) is 7.84. The van der Waals surface area contributed by atoms with Crippen molar-refractivity contribution >= 4 is 38.9 Å². The predicted octanol–water partition coefficient (Wildman–Crippen LogP) is 0.180. The minimum Gasteiger partial charge on any atom is -0.383 e. The van der Waals surface area contributed by atoms with Crippen molar-refractivity contribution in [3.63, 3.8) is 0 Å². The molecule has 0 aliphatic carbocycles. The van der Waals surface area contributed by atoms with E-state index in [-0.39, 0.29) is 15.2 Å². The molecule has 1 rings (SSSR count). The normalized spacial score (nSPS) is 11.8. The van der Waals surface area contributed by atoms with Crippen LogP contribution in [-0.4, -0.2) is 57.5 Å². The monoisotopic (exact) mass is 327 g/mol. The zero-order valence-electron chi connectivity index (χ0n) is 10.4. The van der Waals surface area contributed by atoms with Gasteiger partial charge in [-0.3, -0.25) is 4.79 Å². The molecule has 0 atom stereocenters. The van der Waals surface area contributed by atoms with E-state index in [1.807, 2.05) is 0 Å². The highest BCUT2D eigenvalue weighted by molar-refractivity contribution is 7.91. The molecule has 108 valence electrons. The highest BCUT2D eigenvalue weighted by Crippen LogP contribution is 2.24. The average Bonchev–Trinajstić information content (AvgIpc) is 2.76. The van der Waals surface area contributed by atoms with Crippen LogP contribution in [-0.2, 0) is 19.6 Å². The summed E-state index contributed by atoms with van der Waals surface area (Å²) in [6.45, 7) is 0.420. The second-order valence-corrected chi connectivity index (χ2v) is 7.42. The third-order valence-electron chi connectivity index (χ3n) is 2.12. The number of carbonyl (C=O) groups excluding carboxylic acids is 1. The van der Waals surface area contributed by atoms with Gasteiger partial charge in [0.1, 0.15) is 0 Å². The molecular weight excluding hydrogens is 314 g/mol. The lowest BCUT2D eigenvalue weighted by atomic mass is 10.5. The van der Waals surface area contributed by atoms with Gasteiger partial charge in [0.25, 0.3) is 10.0 Å². The maximum absolute atomic E-state index is 12.0. The Hall–Kier alpha value is -0.740. The molecule has 1 amide bonds. The lowest BCUT2D eigenvalue weighted by Gasteiger charge is -2.15. The Kier molecular flexibility index (Phi) is 6.14. The summed E-state index contributed by atoms with van der Waals surface area (Å²) in [6, 6.07) is 0. The third-order valence-corrected chi connectivity index (χ3v) is 5.47. The summed E-state index contributed by atoms with van der Waals surface area (Å²) in [5.74, 6) is -0.404. The van der Waals surface area contributed by atoms with Gasteiger partial charge in [0.05, 0.1) is 19.3 Å². The molecule has 0 unspecified atom stereocenters. The summed E-state index contributed by atoms with van der Waals surface area (Å²) >= 11 is 6.44. The van der Waals surface area contributed by atoms with Crippen LogP contribution in [0, 0.1) is 0 Å². The van der Waals surface area contributed by atoms with E-state index >= 15 is 0 Å². The second-order valence-electron chi connectivity index (χ2n) is 3.54.